The fraction of sp³-hybridized carbons (Fsp3) is 0.238. The molecular weight excluding hydrogens is 367 g/mol. The Morgan fingerprint density at radius 2 is 1.82 bits per heavy atom. The van der Waals surface area contributed by atoms with Crippen LogP contribution in [0.15, 0.2) is 48.5 Å². The molecule has 144 valence electrons. The summed E-state index contributed by atoms with van der Waals surface area (Å²) >= 11 is 0. The average Bonchev–Trinajstić information content (AvgIpc) is 3.11. The third-order valence-electron chi connectivity index (χ3n) is 4.93. The number of hydrogen-bond donors (Lipinski definition) is 2. The number of hydrogen-bond acceptors (Lipinski definition) is 2. The van der Waals surface area contributed by atoms with Gasteiger partial charge < -0.3 is 5.32 Å². The van der Waals surface area contributed by atoms with Crippen LogP contribution < -0.4 is 5.32 Å². The Kier molecular flexibility index (Phi) is 4.66. The van der Waals surface area contributed by atoms with Crippen LogP contribution in [0.4, 0.5) is 18.9 Å². The molecule has 1 aliphatic carbocycles. The molecule has 4 nitrogen and oxygen atoms in total. The molecule has 2 aromatic carbocycles. The van der Waals surface area contributed by atoms with Crippen LogP contribution in [0.5, 0.6) is 0 Å². The zero-order valence-corrected chi connectivity index (χ0v) is 14.9. The maximum absolute atomic E-state index is 12.9. The van der Waals surface area contributed by atoms with Crippen LogP contribution in [0.1, 0.15) is 40.0 Å². The van der Waals surface area contributed by atoms with Gasteiger partial charge >= 0.3 is 6.18 Å². The summed E-state index contributed by atoms with van der Waals surface area (Å²) in [5, 5.41) is 10.0. The maximum Gasteiger partial charge on any atom is 0.416 e. The first-order chi connectivity index (χ1) is 13.4. The Hall–Kier alpha value is -3.09. The van der Waals surface area contributed by atoms with Crippen molar-refractivity contribution in [1.29, 1.82) is 0 Å². The molecule has 3 aromatic rings. The summed E-state index contributed by atoms with van der Waals surface area (Å²) in [6, 6.07) is 11.6. The molecule has 0 atom stereocenters. The van der Waals surface area contributed by atoms with E-state index in [1.54, 1.807) is 12.1 Å². The Morgan fingerprint density at radius 3 is 2.64 bits per heavy atom. The van der Waals surface area contributed by atoms with Crippen molar-refractivity contribution in [2.24, 2.45) is 0 Å². The van der Waals surface area contributed by atoms with Crippen molar-refractivity contribution in [3.05, 3.63) is 70.9 Å². The molecular formula is C21H18F3N3O. The lowest BCUT2D eigenvalue weighted by Crippen LogP contribution is -2.14. The third kappa shape index (κ3) is 3.52. The van der Waals surface area contributed by atoms with Gasteiger partial charge in [0.1, 0.15) is 0 Å². The van der Waals surface area contributed by atoms with Gasteiger partial charge in [-0.05, 0) is 49.9 Å². The third-order valence-corrected chi connectivity index (χ3v) is 4.93. The fourth-order valence-electron chi connectivity index (χ4n) is 3.56. The molecule has 2 N–H and O–H groups in total. The van der Waals surface area contributed by atoms with Crippen LogP contribution >= 0.6 is 0 Å². The Balaban J connectivity index is 1.66. The molecule has 1 aromatic heterocycles. The summed E-state index contributed by atoms with van der Waals surface area (Å²) in [7, 11) is 0. The zero-order valence-electron chi connectivity index (χ0n) is 14.9. The summed E-state index contributed by atoms with van der Waals surface area (Å²) in [6.07, 6.45) is -0.469. The van der Waals surface area contributed by atoms with Gasteiger partial charge in [-0.25, -0.2) is 0 Å². The minimum absolute atomic E-state index is 0.0960. The van der Waals surface area contributed by atoms with Gasteiger partial charge in [-0.3, -0.25) is 9.89 Å². The van der Waals surface area contributed by atoms with Crippen LogP contribution in [-0.4, -0.2) is 16.1 Å². The van der Waals surface area contributed by atoms with Crippen LogP contribution in [0.25, 0.3) is 11.3 Å². The fourth-order valence-corrected chi connectivity index (χ4v) is 3.56. The lowest BCUT2D eigenvalue weighted by Gasteiger charge is -2.14. The van der Waals surface area contributed by atoms with Crippen molar-refractivity contribution in [2.75, 3.05) is 5.32 Å². The monoisotopic (exact) mass is 385 g/mol. The number of aryl methyl sites for hydroxylation is 1. The van der Waals surface area contributed by atoms with Gasteiger partial charge in [0.25, 0.3) is 5.91 Å². The second-order valence-corrected chi connectivity index (χ2v) is 6.81. The van der Waals surface area contributed by atoms with Crippen molar-refractivity contribution in [1.82, 2.24) is 10.2 Å². The van der Waals surface area contributed by atoms with E-state index in [0.29, 0.717) is 11.1 Å². The van der Waals surface area contributed by atoms with E-state index in [9.17, 15) is 18.0 Å². The molecule has 28 heavy (non-hydrogen) atoms. The SMILES string of the molecule is O=C(Nc1cccc(C(F)(F)F)c1)c1ccccc1-c1n[nH]c2c1CCCC2. The molecule has 0 spiro atoms. The number of nitrogens with zero attached hydrogens (tertiary/aromatic N) is 1. The summed E-state index contributed by atoms with van der Waals surface area (Å²) < 4.78 is 38.7. The summed E-state index contributed by atoms with van der Waals surface area (Å²) in [5.41, 5.74) is 3.29. The molecule has 0 bridgehead atoms. The Labute approximate surface area is 159 Å². The van der Waals surface area contributed by atoms with E-state index in [1.165, 1.54) is 12.1 Å². The molecule has 0 saturated carbocycles. The van der Waals surface area contributed by atoms with Gasteiger partial charge in [-0.1, -0.05) is 24.3 Å². The average molecular weight is 385 g/mol. The summed E-state index contributed by atoms with van der Waals surface area (Å²) in [4.78, 5) is 12.8. The Bertz CT molecular complexity index is 1020. The number of fused-ring (bicyclic) bond motifs is 1. The molecule has 0 radical (unpaired) electrons. The zero-order chi connectivity index (χ0) is 19.7. The van der Waals surface area contributed by atoms with E-state index in [-0.39, 0.29) is 5.69 Å². The Morgan fingerprint density at radius 1 is 1.04 bits per heavy atom. The van der Waals surface area contributed by atoms with Crippen molar-refractivity contribution < 1.29 is 18.0 Å². The topological polar surface area (TPSA) is 57.8 Å². The van der Waals surface area contributed by atoms with Crippen molar-refractivity contribution in [2.45, 2.75) is 31.9 Å². The highest BCUT2D eigenvalue weighted by Gasteiger charge is 2.30. The predicted molar refractivity (Wildman–Crippen MR) is 100 cm³/mol. The first-order valence-electron chi connectivity index (χ1n) is 9.07. The number of carbonyl (C=O) groups is 1. The van der Waals surface area contributed by atoms with Gasteiger partial charge in [-0.2, -0.15) is 18.3 Å². The number of anilines is 1. The number of halogens is 3. The number of H-pyrrole nitrogens is 1. The van der Waals surface area contributed by atoms with Gasteiger partial charge in [0.05, 0.1) is 11.3 Å². The normalized spacial score (nSPS) is 13.8. The highest BCUT2D eigenvalue weighted by molar-refractivity contribution is 6.08. The van der Waals surface area contributed by atoms with E-state index in [0.717, 1.165) is 54.8 Å². The highest BCUT2D eigenvalue weighted by Crippen LogP contribution is 2.33. The first kappa shape index (κ1) is 18.3. The summed E-state index contributed by atoms with van der Waals surface area (Å²) in [6.45, 7) is 0. The second-order valence-electron chi connectivity index (χ2n) is 6.81. The number of aromatic nitrogens is 2. The minimum atomic E-state index is -4.47. The standard InChI is InChI=1S/C21H18F3N3O/c22-21(23,24)13-6-5-7-14(12-13)25-20(28)16-9-2-1-8-15(16)19-17-10-3-4-11-18(17)26-27-19/h1-2,5-9,12H,3-4,10-11H2,(H,25,28)(H,26,27). The van der Waals surface area contributed by atoms with E-state index in [4.69, 9.17) is 0 Å². The van der Waals surface area contributed by atoms with Gasteiger partial charge in [0.15, 0.2) is 0 Å². The van der Waals surface area contributed by atoms with E-state index in [1.807, 2.05) is 12.1 Å². The van der Waals surface area contributed by atoms with E-state index < -0.39 is 17.6 Å². The van der Waals surface area contributed by atoms with Gasteiger partial charge in [0, 0.05) is 28.1 Å². The van der Waals surface area contributed by atoms with Gasteiger partial charge in [0.2, 0.25) is 0 Å². The highest BCUT2D eigenvalue weighted by atomic mass is 19.4. The molecule has 1 heterocycles. The van der Waals surface area contributed by atoms with Crippen LogP contribution in [0.2, 0.25) is 0 Å². The maximum atomic E-state index is 12.9. The second kappa shape index (κ2) is 7.14. The molecule has 0 saturated heterocycles. The molecule has 0 fully saturated rings. The lowest BCUT2D eigenvalue weighted by molar-refractivity contribution is -0.137. The number of carbonyl (C=O) groups excluding carboxylic acids is 1. The van der Waals surface area contributed by atoms with Crippen molar-refractivity contribution in [3.63, 3.8) is 0 Å². The van der Waals surface area contributed by atoms with Gasteiger partial charge in [-0.15, -0.1) is 0 Å². The van der Waals surface area contributed by atoms with Crippen LogP contribution in [-0.2, 0) is 19.0 Å². The number of rotatable bonds is 3. The number of nitrogens with one attached hydrogen (secondary N) is 2. The van der Waals surface area contributed by atoms with Crippen molar-refractivity contribution in [3.8, 4) is 11.3 Å². The number of benzene rings is 2. The molecule has 7 heteroatoms. The molecule has 0 aliphatic heterocycles. The van der Waals surface area contributed by atoms with Crippen LogP contribution in [0.3, 0.4) is 0 Å². The smallest absolute Gasteiger partial charge is 0.322 e. The number of alkyl halides is 3. The summed E-state index contributed by atoms with van der Waals surface area (Å²) in [5.74, 6) is -0.470. The molecule has 4 rings (SSSR count). The predicted octanol–water partition coefficient (Wildman–Crippen LogP) is 5.23. The number of aromatic amines is 1. The largest absolute Gasteiger partial charge is 0.416 e. The van der Waals surface area contributed by atoms with Crippen molar-refractivity contribution >= 4 is 11.6 Å². The molecule has 1 aliphatic rings. The first-order valence-corrected chi connectivity index (χ1v) is 9.07. The quantitative estimate of drug-likeness (QED) is 0.649. The van der Waals surface area contributed by atoms with E-state index >= 15 is 0 Å². The van der Waals surface area contributed by atoms with E-state index in [2.05, 4.69) is 15.5 Å². The number of amides is 1. The minimum Gasteiger partial charge on any atom is -0.322 e. The molecule has 1 amide bonds. The lowest BCUT2D eigenvalue weighted by atomic mass is 9.92. The molecule has 0 unspecified atom stereocenters. The van der Waals surface area contributed by atoms with Crippen LogP contribution in [0, 0.1) is 0 Å².